The summed E-state index contributed by atoms with van der Waals surface area (Å²) in [5.41, 5.74) is 2.50. The fourth-order valence-electron chi connectivity index (χ4n) is 3.15. The van der Waals surface area contributed by atoms with E-state index in [4.69, 9.17) is 0 Å². The summed E-state index contributed by atoms with van der Waals surface area (Å²) < 4.78 is 14.2. The monoisotopic (exact) mass is 355 g/mol. The molecule has 0 atom stereocenters. The van der Waals surface area contributed by atoms with Gasteiger partial charge in [-0.2, -0.15) is 0 Å². The first-order valence-corrected chi connectivity index (χ1v) is 8.62. The minimum atomic E-state index is -0.542. The van der Waals surface area contributed by atoms with Crippen molar-refractivity contribution in [2.24, 2.45) is 0 Å². The van der Waals surface area contributed by atoms with Gasteiger partial charge in [-0.1, -0.05) is 17.7 Å². The maximum Gasteiger partial charge on any atom is 0.253 e. The highest BCUT2D eigenvalue weighted by Crippen LogP contribution is 2.21. The van der Waals surface area contributed by atoms with E-state index in [1.165, 1.54) is 19.2 Å². The smallest absolute Gasteiger partial charge is 0.253 e. The van der Waals surface area contributed by atoms with Crippen molar-refractivity contribution in [3.8, 4) is 0 Å². The average molecular weight is 355 g/mol. The van der Waals surface area contributed by atoms with Crippen LogP contribution < -0.4 is 10.2 Å². The second-order valence-electron chi connectivity index (χ2n) is 6.39. The first-order valence-electron chi connectivity index (χ1n) is 8.62. The second kappa shape index (κ2) is 7.56. The fourth-order valence-corrected chi connectivity index (χ4v) is 3.15. The summed E-state index contributed by atoms with van der Waals surface area (Å²) in [5, 5.41) is 2.42. The van der Waals surface area contributed by atoms with Crippen LogP contribution >= 0.6 is 0 Å². The molecule has 1 fully saturated rings. The third kappa shape index (κ3) is 3.69. The lowest BCUT2D eigenvalue weighted by Gasteiger charge is -2.36. The Morgan fingerprint density at radius 1 is 1.04 bits per heavy atom. The van der Waals surface area contributed by atoms with Gasteiger partial charge in [0.1, 0.15) is 5.82 Å². The highest BCUT2D eigenvalue weighted by Gasteiger charge is 2.23. The van der Waals surface area contributed by atoms with Crippen molar-refractivity contribution < 1.29 is 14.0 Å². The molecule has 3 rings (SSSR count). The summed E-state index contributed by atoms with van der Waals surface area (Å²) in [6, 6.07) is 12.2. The number of amides is 2. The van der Waals surface area contributed by atoms with Crippen LogP contribution in [0.4, 0.5) is 10.1 Å². The van der Waals surface area contributed by atoms with Crippen LogP contribution in [-0.4, -0.2) is 49.9 Å². The molecular formula is C20H22FN3O2. The number of aryl methyl sites for hydroxylation is 1. The highest BCUT2D eigenvalue weighted by atomic mass is 19.1. The summed E-state index contributed by atoms with van der Waals surface area (Å²) >= 11 is 0. The third-order valence-electron chi connectivity index (χ3n) is 4.62. The van der Waals surface area contributed by atoms with Crippen molar-refractivity contribution in [3.05, 3.63) is 65.0 Å². The topological polar surface area (TPSA) is 52.7 Å². The summed E-state index contributed by atoms with van der Waals surface area (Å²) in [7, 11) is 1.47. The van der Waals surface area contributed by atoms with E-state index < -0.39 is 11.7 Å². The van der Waals surface area contributed by atoms with Gasteiger partial charge in [0, 0.05) is 44.5 Å². The molecule has 1 aliphatic rings. The van der Waals surface area contributed by atoms with Gasteiger partial charge in [-0.3, -0.25) is 9.59 Å². The van der Waals surface area contributed by atoms with Crippen molar-refractivity contribution in [1.82, 2.24) is 10.2 Å². The van der Waals surface area contributed by atoms with E-state index in [1.54, 1.807) is 6.07 Å². The second-order valence-corrected chi connectivity index (χ2v) is 6.39. The quantitative estimate of drug-likeness (QED) is 0.920. The van der Waals surface area contributed by atoms with Crippen molar-refractivity contribution in [2.75, 3.05) is 38.1 Å². The molecule has 2 aromatic carbocycles. The van der Waals surface area contributed by atoms with Crippen LogP contribution in [0.25, 0.3) is 0 Å². The Bertz CT molecular complexity index is 830. The van der Waals surface area contributed by atoms with E-state index in [-0.39, 0.29) is 11.5 Å². The first kappa shape index (κ1) is 17.9. The maximum absolute atomic E-state index is 14.2. The Balaban J connectivity index is 1.66. The SMILES string of the molecule is CNC(=O)c1ccc(N2CCN(C(=O)c3cccc(C)c3)CC2)cc1F. The number of carbonyl (C=O) groups excluding carboxylic acids is 2. The van der Waals surface area contributed by atoms with Crippen molar-refractivity contribution in [2.45, 2.75) is 6.92 Å². The molecule has 0 aliphatic carbocycles. The Morgan fingerprint density at radius 2 is 1.77 bits per heavy atom. The van der Waals surface area contributed by atoms with Crippen LogP contribution in [0.15, 0.2) is 42.5 Å². The number of hydrogen-bond donors (Lipinski definition) is 1. The number of halogens is 1. The van der Waals surface area contributed by atoms with Crippen molar-refractivity contribution in [3.63, 3.8) is 0 Å². The van der Waals surface area contributed by atoms with Gasteiger partial charge in [0.15, 0.2) is 0 Å². The molecule has 5 nitrogen and oxygen atoms in total. The molecule has 0 spiro atoms. The van der Waals surface area contributed by atoms with Gasteiger partial charge in [-0.05, 0) is 37.3 Å². The Kier molecular flexibility index (Phi) is 5.21. The molecule has 0 saturated carbocycles. The number of benzene rings is 2. The highest BCUT2D eigenvalue weighted by molar-refractivity contribution is 5.95. The van der Waals surface area contributed by atoms with E-state index in [9.17, 15) is 14.0 Å². The number of hydrogen-bond acceptors (Lipinski definition) is 3. The molecular weight excluding hydrogens is 333 g/mol. The third-order valence-corrected chi connectivity index (χ3v) is 4.62. The van der Waals surface area contributed by atoms with Crippen LogP contribution in [0.1, 0.15) is 26.3 Å². The molecule has 0 aromatic heterocycles. The van der Waals surface area contributed by atoms with Crippen LogP contribution in [0, 0.1) is 12.7 Å². The molecule has 136 valence electrons. The molecule has 0 bridgehead atoms. The minimum absolute atomic E-state index is 0.0227. The van der Waals surface area contributed by atoms with E-state index in [1.807, 2.05) is 41.0 Å². The number of anilines is 1. The number of nitrogens with one attached hydrogen (secondary N) is 1. The standard InChI is InChI=1S/C20H22FN3O2/c1-14-4-3-5-15(12-14)20(26)24-10-8-23(9-11-24)16-6-7-17(18(21)13-16)19(25)22-2/h3-7,12-13H,8-11H2,1-2H3,(H,22,25). The van der Waals surface area contributed by atoms with Crippen LogP contribution in [0.2, 0.25) is 0 Å². The van der Waals surface area contributed by atoms with Gasteiger partial charge in [0.25, 0.3) is 11.8 Å². The zero-order valence-corrected chi connectivity index (χ0v) is 15.0. The molecule has 1 N–H and O–H groups in total. The average Bonchev–Trinajstić information content (AvgIpc) is 2.67. The molecule has 1 aliphatic heterocycles. The lowest BCUT2D eigenvalue weighted by Crippen LogP contribution is -2.48. The van der Waals surface area contributed by atoms with Crippen LogP contribution in [0.3, 0.4) is 0 Å². The van der Waals surface area contributed by atoms with Crippen LogP contribution in [0.5, 0.6) is 0 Å². The fraction of sp³-hybridized carbons (Fsp3) is 0.300. The molecule has 2 amide bonds. The Morgan fingerprint density at radius 3 is 2.38 bits per heavy atom. The Labute approximate surface area is 152 Å². The van der Waals surface area contributed by atoms with Crippen LogP contribution in [-0.2, 0) is 0 Å². The van der Waals surface area contributed by atoms with Gasteiger partial charge in [0.05, 0.1) is 5.56 Å². The zero-order chi connectivity index (χ0) is 18.7. The van der Waals surface area contributed by atoms with Gasteiger partial charge >= 0.3 is 0 Å². The molecule has 6 heteroatoms. The predicted octanol–water partition coefficient (Wildman–Crippen LogP) is 2.46. The lowest BCUT2D eigenvalue weighted by molar-refractivity contribution is 0.0746. The molecule has 26 heavy (non-hydrogen) atoms. The molecule has 2 aromatic rings. The molecule has 0 unspecified atom stereocenters. The van der Waals surface area contributed by atoms with Gasteiger partial charge in [-0.25, -0.2) is 4.39 Å². The Hall–Kier alpha value is -2.89. The summed E-state index contributed by atoms with van der Waals surface area (Å²) in [6.07, 6.45) is 0. The van der Waals surface area contributed by atoms with E-state index in [0.29, 0.717) is 31.7 Å². The van der Waals surface area contributed by atoms with Crippen molar-refractivity contribution >= 4 is 17.5 Å². The van der Waals surface area contributed by atoms with Gasteiger partial charge < -0.3 is 15.1 Å². The number of piperazine rings is 1. The summed E-state index contributed by atoms with van der Waals surface area (Å²) in [6.45, 7) is 4.36. The summed E-state index contributed by atoms with van der Waals surface area (Å²) in [4.78, 5) is 28.0. The molecule has 1 heterocycles. The lowest BCUT2D eigenvalue weighted by atomic mass is 10.1. The van der Waals surface area contributed by atoms with E-state index in [0.717, 1.165) is 11.3 Å². The van der Waals surface area contributed by atoms with E-state index >= 15 is 0 Å². The van der Waals surface area contributed by atoms with Gasteiger partial charge in [-0.15, -0.1) is 0 Å². The van der Waals surface area contributed by atoms with Crippen molar-refractivity contribution in [1.29, 1.82) is 0 Å². The predicted molar refractivity (Wildman–Crippen MR) is 99.1 cm³/mol. The molecule has 1 saturated heterocycles. The molecule has 0 radical (unpaired) electrons. The number of carbonyl (C=O) groups is 2. The van der Waals surface area contributed by atoms with Gasteiger partial charge in [0.2, 0.25) is 0 Å². The first-order chi connectivity index (χ1) is 12.5. The maximum atomic E-state index is 14.2. The largest absolute Gasteiger partial charge is 0.368 e. The zero-order valence-electron chi connectivity index (χ0n) is 15.0. The number of rotatable bonds is 3. The summed E-state index contributed by atoms with van der Waals surface area (Å²) in [5.74, 6) is -0.961. The minimum Gasteiger partial charge on any atom is -0.368 e. The van der Waals surface area contributed by atoms with E-state index in [2.05, 4.69) is 5.32 Å². The normalized spacial score (nSPS) is 14.3. The number of nitrogens with zero attached hydrogens (tertiary/aromatic N) is 2.